The number of benzene rings is 3. The lowest BCUT2D eigenvalue weighted by atomic mass is 9.83. The maximum absolute atomic E-state index is 13.9. The summed E-state index contributed by atoms with van der Waals surface area (Å²) in [5.74, 6) is -3.46. The highest BCUT2D eigenvalue weighted by atomic mass is 16.5. The predicted octanol–water partition coefficient (Wildman–Crippen LogP) is 6.11. The molecule has 4 amide bonds. The molecule has 66 heavy (non-hydrogen) atoms. The molecule has 0 fully saturated rings. The first-order chi connectivity index (χ1) is 32.0. The van der Waals surface area contributed by atoms with Crippen molar-refractivity contribution in [2.45, 2.75) is 64.2 Å². The lowest BCUT2D eigenvalue weighted by molar-refractivity contribution is 0.0852. The first kappa shape index (κ1) is 47.5. The van der Waals surface area contributed by atoms with E-state index in [-0.39, 0.29) is 78.5 Å². The zero-order valence-electron chi connectivity index (χ0n) is 36.3. The van der Waals surface area contributed by atoms with E-state index in [1.165, 1.54) is 13.0 Å². The Hall–Kier alpha value is -8.01. The third kappa shape index (κ3) is 13.3. The molecule has 6 aromatic rings. The molecule has 4 N–H and O–H groups in total. The summed E-state index contributed by atoms with van der Waals surface area (Å²) in [4.78, 5) is 91.6. The van der Waals surface area contributed by atoms with Crippen LogP contribution >= 0.6 is 0 Å². The Morgan fingerprint density at radius 1 is 0.485 bits per heavy atom. The first-order valence-corrected chi connectivity index (χ1v) is 21.4. The highest BCUT2D eigenvalue weighted by Gasteiger charge is 2.32. The summed E-state index contributed by atoms with van der Waals surface area (Å²) < 4.78 is 27.8. The number of hydrogen-bond donors (Lipinski definition) is 4. The van der Waals surface area contributed by atoms with Crippen LogP contribution in [0.5, 0.6) is 11.5 Å². The van der Waals surface area contributed by atoms with E-state index in [1.807, 2.05) is 60.7 Å². The SMILES string of the molecule is Cc1c(C(=O)NCCCC(CCCNC(=O)c2occc(=O)c2OCc2ccccc2)(CCCNC(=O)c2occc(=O)c2OCc2ccccc2)NC(=O)c2ccccc2)occc1=O. The van der Waals surface area contributed by atoms with Gasteiger partial charge in [-0.25, -0.2) is 0 Å². The van der Waals surface area contributed by atoms with Crippen molar-refractivity contribution in [3.63, 3.8) is 0 Å². The minimum Gasteiger partial charge on any atom is -0.481 e. The van der Waals surface area contributed by atoms with Crippen molar-refractivity contribution in [2.75, 3.05) is 19.6 Å². The van der Waals surface area contributed by atoms with Gasteiger partial charge in [-0.05, 0) is 68.7 Å². The number of carbonyl (C=O) groups excluding carboxylic acids is 4. The van der Waals surface area contributed by atoms with Gasteiger partial charge in [-0.15, -0.1) is 0 Å². The number of hydrogen-bond acceptors (Lipinski definition) is 12. The van der Waals surface area contributed by atoms with E-state index >= 15 is 0 Å². The Bertz CT molecular complexity index is 2630. The summed E-state index contributed by atoms with van der Waals surface area (Å²) in [6, 6.07) is 30.4. The minimum absolute atomic E-state index is 0.0306. The van der Waals surface area contributed by atoms with Gasteiger partial charge in [0.25, 0.3) is 23.6 Å². The molecule has 3 aromatic heterocycles. The Balaban J connectivity index is 1.17. The summed E-state index contributed by atoms with van der Waals surface area (Å²) in [5.41, 5.74) is -0.248. The monoisotopic (exact) mass is 898 g/mol. The fourth-order valence-electron chi connectivity index (χ4n) is 7.16. The Labute approximate surface area is 379 Å². The zero-order chi connectivity index (χ0) is 46.7. The van der Waals surface area contributed by atoms with Crippen LogP contribution in [0.25, 0.3) is 0 Å². The van der Waals surface area contributed by atoms with Gasteiger partial charge in [-0.3, -0.25) is 33.6 Å². The lowest BCUT2D eigenvalue weighted by Gasteiger charge is -2.36. The topological polar surface area (TPSA) is 225 Å². The number of carbonyl (C=O) groups is 4. The van der Waals surface area contributed by atoms with Crippen LogP contribution in [0.3, 0.4) is 0 Å². The predicted molar refractivity (Wildman–Crippen MR) is 243 cm³/mol. The lowest BCUT2D eigenvalue weighted by Crippen LogP contribution is -2.50. The molecule has 0 aliphatic rings. The van der Waals surface area contributed by atoms with Crippen LogP contribution in [0.1, 0.15) is 97.2 Å². The Morgan fingerprint density at radius 3 is 1.30 bits per heavy atom. The van der Waals surface area contributed by atoms with Crippen molar-refractivity contribution in [3.8, 4) is 11.5 Å². The molecule has 3 aromatic carbocycles. The molecule has 0 spiro atoms. The molecule has 0 unspecified atom stereocenters. The second-order valence-corrected chi connectivity index (χ2v) is 15.4. The van der Waals surface area contributed by atoms with Crippen molar-refractivity contribution in [1.29, 1.82) is 0 Å². The minimum atomic E-state index is -0.977. The van der Waals surface area contributed by atoms with Crippen LogP contribution in [0, 0.1) is 6.92 Å². The Morgan fingerprint density at radius 2 is 0.864 bits per heavy atom. The van der Waals surface area contributed by atoms with E-state index in [0.29, 0.717) is 44.1 Å². The molecule has 342 valence electrons. The van der Waals surface area contributed by atoms with Crippen molar-refractivity contribution >= 4 is 23.6 Å². The maximum atomic E-state index is 13.9. The van der Waals surface area contributed by atoms with E-state index in [9.17, 15) is 33.6 Å². The van der Waals surface area contributed by atoms with Gasteiger partial charge >= 0.3 is 0 Å². The molecule has 0 atom stereocenters. The molecule has 3 heterocycles. The average molecular weight is 899 g/mol. The average Bonchev–Trinajstić information content (AvgIpc) is 3.33. The third-order valence-electron chi connectivity index (χ3n) is 10.6. The van der Waals surface area contributed by atoms with E-state index < -0.39 is 34.1 Å². The van der Waals surface area contributed by atoms with E-state index in [0.717, 1.165) is 42.0 Å². The van der Waals surface area contributed by atoms with Gasteiger partial charge in [0.15, 0.2) is 11.2 Å². The number of rotatable bonds is 23. The molecule has 0 saturated carbocycles. The summed E-state index contributed by atoms with van der Waals surface area (Å²) >= 11 is 0. The van der Waals surface area contributed by atoms with Crippen LogP contribution < -0.4 is 47.0 Å². The Kier molecular flexibility index (Phi) is 17.0. The second kappa shape index (κ2) is 23.6. The van der Waals surface area contributed by atoms with E-state index in [4.69, 9.17) is 22.7 Å². The summed E-state index contributed by atoms with van der Waals surface area (Å²) in [6.45, 7) is 1.89. The quantitative estimate of drug-likeness (QED) is 0.0535. The van der Waals surface area contributed by atoms with Gasteiger partial charge in [-0.1, -0.05) is 78.9 Å². The fraction of sp³-hybridized carbons (Fsp3) is 0.260. The van der Waals surface area contributed by atoms with Crippen molar-refractivity contribution < 1.29 is 41.9 Å². The largest absolute Gasteiger partial charge is 0.481 e. The van der Waals surface area contributed by atoms with Crippen LogP contribution in [0.2, 0.25) is 0 Å². The van der Waals surface area contributed by atoms with E-state index in [2.05, 4.69) is 21.3 Å². The molecule has 0 radical (unpaired) electrons. The van der Waals surface area contributed by atoms with Crippen LogP contribution in [0.15, 0.2) is 156 Å². The zero-order valence-corrected chi connectivity index (χ0v) is 36.3. The smallest absolute Gasteiger partial charge is 0.291 e. The molecule has 16 nitrogen and oxygen atoms in total. The van der Waals surface area contributed by atoms with Crippen molar-refractivity contribution in [1.82, 2.24) is 21.3 Å². The van der Waals surface area contributed by atoms with Gasteiger partial charge < -0.3 is 44.0 Å². The maximum Gasteiger partial charge on any atom is 0.291 e. The fourth-order valence-corrected chi connectivity index (χ4v) is 7.16. The van der Waals surface area contributed by atoms with Crippen molar-refractivity contribution in [3.05, 3.63) is 198 Å². The third-order valence-corrected chi connectivity index (χ3v) is 10.6. The second-order valence-electron chi connectivity index (χ2n) is 15.4. The van der Waals surface area contributed by atoms with Crippen LogP contribution in [-0.2, 0) is 13.2 Å². The normalized spacial score (nSPS) is 11.0. The molecular formula is C50H50N4O12. The van der Waals surface area contributed by atoms with Crippen LogP contribution in [-0.4, -0.2) is 48.8 Å². The van der Waals surface area contributed by atoms with Gasteiger partial charge in [0.1, 0.15) is 13.2 Å². The van der Waals surface area contributed by atoms with Gasteiger partial charge in [0, 0.05) is 54.5 Å². The standard InChI is InChI=1S/C50H50N4O12/c1-34-38(55)20-29-62-41(34)47(59)51-26-11-23-50(54-46(58)37-18-9-4-10-19-37,24-12-27-52-48(60)44-42(39(56)21-30-63-44)65-32-35-14-5-2-6-15-35)25-13-28-53-49(61)45-43(40(57)22-31-64-45)66-33-36-16-7-3-8-17-36/h2-10,14-22,29-31H,11-13,23-28,32-33H2,1H3,(H,51,59)(H,52,60)(H,53,61)(H,54,58). The highest BCUT2D eigenvalue weighted by molar-refractivity contribution is 5.95. The molecular weight excluding hydrogens is 849 g/mol. The van der Waals surface area contributed by atoms with Gasteiger partial charge in [0.2, 0.25) is 33.9 Å². The number of nitrogens with one attached hydrogen (secondary N) is 4. The van der Waals surface area contributed by atoms with E-state index in [1.54, 1.807) is 30.3 Å². The first-order valence-electron chi connectivity index (χ1n) is 21.4. The number of amides is 4. The summed E-state index contributed by atoms with van der Waals surface area (Å²) in [7, 11) is 0. The molecule has 0 bridgehead atoms. The molecule has 6 rings (SSSR count). The number of ether oxygens (including phenoxy) is 2. The molecule has 0 aliphatic carbocycles. The highest BCUT2D eigenvalue weighted by Crippen LogP contribution is 2.27. The molecule has 0 saturated heterocycles. The van der Waals surface area contributed by atoms with Gasteiger partial charge in [-0.2, -0.15) is 0 Å². The van der Waals surface area contributed by atoms with Crippen LogP contribution in [0.4, 0.5) is 0 Å². The summed E-state index contributed by atoms with van der Waals surface area (Å²) in [5, 5.41) is 11.6. The molecule has 16 heteroatoms. The summed E-state index contributed by atoms with van der Waals surface area (Å²) in [6.07, 6.45) is 5.32. The van der Waals surface area contributed by atoms with Gasteiger partial charge in [0.05, 0.1) is 18.8 Å². The van der Waals surface area contributed by atoms with Crippen molar-refractivity contribution in [2.24, 2.45) is 0 Å². The molecule has 0 aliphatic heterocycles.